The highest BCUT2D eigenvalue weighted by molar-refractivity contribution is 5.69. The second kappa shape index (κ2) is 6.31. The highest BCUT2D eigenvalue weighted by Gasteiger charge is 1.91. The molecule has 0 aromatic heterocycles. The lowest BCUT2D eigenvalue weighted by Crippen LogP contribution is -2.39. The summed E-state index contributed by atoms with van der Waals surface area (Å²) < 4.78 is 0. The van der Waals surface area contributed by atoms with Gasteiger partial charge in [0.25, 0.3) is 0 Å². The van der Waals surface area contributed by atoms with Gasteiger partial charge in [0.05, 0.1) is 0 Å². The van der Waals surface area contributed by atoms with E-state index in [0.29, 0.717) is 0 Å². The van der Waals surface area contributed by atoms with Gasteiger partial charge < -0.3 is 22.1 Å². The Morgan fingerprint density at radius 1 is 1.00 bits per heavy atom. The van der Waals surface area contributed by atoms with Crippen LogP contribution in [0.2, 0.25) is 0 Å². The molecule has 6 N–H and O–H groups in total. The van der Waals surface area contributed by atoms with Gasteiger partial charge in [-0.1, -0.05) is 0 Å². The molecule has 0 spiro atoms. The van der Waals surface area contributed by atoms with Crippen molar-refractivity contribution in [2.45, 2.75) is 0 Å². The summed E-state index contributed by atoms with van der Waals surface area (Å²) in [7, 11) is 0. The zero-order valence-corrected chi connectivity index (χ0v) is 5.89. The largest absolute Gasteiger partial charge is 0.352 e. The first-order chi connectivity index (χ1) is 4.73. The smallest absolute Gasteiger partial charge is 0.309 e. The number of urea groups is 1. The lowest BCUT2D eigenvalue weighted by molar-refractivity contribution is 0.256. The SMILES string of the molecule is C1CNCCN1.NC(N)=O. The highest BCUT2D eigenvalue weighted by atomic mass is 16.2. The quantitative estimate of drug-likeness (QED) is 0.325. The first-order valence-electron chi connectivity index (χ1n) is 3.20. The Bertz CT molecular complexity index is 76.1. The van der Waals surface area contributed by atoms with E-state index in [2.05, 4.69) is 22.1 Å². The first kappa shape index (κ1) is 9.19. The number of rotatable bonds is 0. The molecule has 0 atom stereocenters. The predicted octanol–water partition coefficient (Wildman–Crippen LogP) is -1.80. The lowest BCUT2D eigenvalue weighted by Gasteiger charge is -2.11. The van der Waals surface area contributed by atoms with Gasteiger partial charge in [-0.25, -0.2) is 4.79 Å². The summed E-state index contributed by atoms with van der Waals surface area (Å²) in [5.41, 5.74) is 8.50. The Morgan fingerprint density at radius 3 is 1.30 bits per heavy atom. The summed E-state index contributed by atoms with van der Waals surface area (Å²) >= 11 is 0. The Balaban J connectivity index is 0.000000180. The van der Waals surface area contributed by atoms with Crippen LogP contribution in [0.15, 0.2) is 0 Å². The molecule has 0 saturated carbocycles. The molecule has 0 aromatic rings. The zero-order valence-electron chi connectivity index (χ0n) is 5.89. The van der Waals surface area contributed by atoms with E-state index in [1.54, 1.807) is 0 Å². The van der Waals surface area contributed by atoms with Crippen LogP contribution in [0.25, 0.3) is 0 Å². The zero-order chi connectivity index (χ0) is 7.82. The van der Waals surface area contributed by atoms with Crippen molar-refractivity contribution in [2.24, 2.45) is 11.5 Å². The van der Waals surface area contributed by atoms with Crippen LogP contribution in [0, 0.1) is 0 Å². The number of amides is 2. The van der Waals surface area contributed by atoms with E-state index in [1.165, 1.54) is 0 Å². The normalized spacial score (nSPS) is 16.8. The molecule has 1 saturated heterocycles. The van der Waals surface area contributed by atoms with Crippen LogP contribution in [0.1, 0.15) is 0 Å². The number of piperazine rings is 1. The third-order valence-corrected chi connectivity index (χ3v) is 0.957. The molecule has 5 nitrogen and oxygen atoms in total. The van der Waals surface area contributed by atoms with Gasteiger partial charge in [-0.15, -0.1) is 0 Å². The van der Waals surface area contributed by atoms with Crippen molar-refractivity contribution < 1.29 is 4.79 Å². The molecule has 0 aliphatic carbocycles. The number of primary amides is 2. The number of carbonyl (C=O) groups is 1. The Labute approximate surface area is 60.1 Å². The summed E-state index contributed by atoms with van der Waals surface area (Å²) in [4.78, 5) is 9.00. The van der Waals surface area contributed by atoms with Crippen molar-refractivity contribution in [3.05, 3.63) is 0 Å². The van der Waals surface area contributed by atoms with E-state index >= 15 is 0 Å². The molecule has 1 aliphatic heterocycles. The van der Waals surface area contributed by atoms with E-state index in [1.807, 2.05) is 0 Å². The van der Waals surface area contributed by atoms with Crippen LogP contribution in [0.4, 0.5) is 4.79 Å². The van der Waals surface area contributed by atoms with E-state index in [0.717, 1.165) is 26.2 Å². The maximum absolute atomic E-state index is 9.00. The minimum absolute atomic E-state index is 0.833. The molecule has 1 heterocycles. The van der Waals surface area contributed by atoms with Crippen LogP contribution in [0.5, 0.6) is 0 Å². The number of nitrogens with two attached hydrogens (primary N) is 2. The fourth-order valence-electron chi connectivity index (χ4n) is 0.604. The van der Waals surface area contributed by atoms with E-state index in [-0.39, 0.29) is 0 Å². The van der Waals surface area contributed by atoms with Crippen molar-refractivity contribution in [1.29, 1.82) is 0 Å². The van der Waals surface area contributed by atoms with Gasteiger partial charge in [-0.05, 0) is 0 Å². The van der Waals surface area contributed by atoms with Gasteiger partial charge in [0.1, 0.15) is 0 Å². The monoisotopic (exact) mass is 146 g/mol. The van der Waals surface area contributed by atoms with Crippen LogP contribution in [0.3, 0.4) is 0 Å². The molecule has 0 unspecified atom stereocenters. The van der Waals surface area contributed by atoms with Crippen molar-refractivity contribution in [1.82, 2.24) is 10.6 Å². The summed E-state index contributed by atoms with van der Waals surface area (Å²) in [6.45, 7) is 4.56. The van der Waals surface area contributed by atoms with E-state index in [9.17, 15) is 0 Å². The molecule has 5 heteroatoms. The summed E-state index contributed by atoms with van der Waals surface area (Å²) in [5.74, 6) is 0. The third-order valence-electron chi connectivity index (χ3n) is 0.957. The van der Waals surface area contributed by atoms with Crippen LogP contribution in [-0.4, -0.2) is 32.2 Å². The number of hydrogen-bond acceptors (Lipinski definition) is 3. The molecule has 0 radical (unpaired) electrons. The van der Waals surface area contributed by atoms with Crippen LogP contribution >= 0.6 is 0 Å². The molecular formula is C5H14N4O. The Morgan fingerprint density at radius 2 is 1.20 bits per heavy atom. The predicted molar refractivity (Wildman–Crippen MR) is 39.5 cm³/mol. The third kappa shape index (κ3) is 10.2. The molecule has 2 amide bonds. The summed E-state index contributed by atoms with van der Waals surface area (Å²) in [5, 5.41) is 6.44. The Kier molecular flexibility index (Phi) is 5.80. The molecule has 0 aromatic carbocycles. The van der Waals surface area contributed by atoms with Gasteiger partial charge in [0.15, 0.2) is 0 Å². The van der Waals surface area contributed by atoms with Crippen molar-refractivity contribution in [3.63, 3.8) is 0 Å². The van der Waals surface area contributed by atoms with Crippen LogP contribution < -0.4 is 22.1 Å². The second-order valence-electron chi connectivity index (χ2n) is 1.90. The molecule has 10 heavy (non-hydrogen) atoms. The minimum atomic E-state index is -0.833. The van der Waals surface area contributed by atoms with Crippen molar-refractivity contribution in [2.75, 3.05) is 26.2 Å². The van der Waals surface area contributed by atoms with Gasteiger partial charge in [0.2, 0.25) is 0 Å². The topological polar surface area (TPSA) is 93.2 Å². The maximum atomic E-state index is 9.00. The first-order valence-corrected chi connectivity index (χ1v) is 3.20. The second-order valence-corrected chi connectivity index (χ2v) is 1.90. The fourth-order valence-corrected chi connectivity index (χ4v) is 0.604. The lowest BCUT2D eigenvalue weighted by atomic mass is 10.4. The standard InChI is InChI=1S/C4H10N2.CH4N2O/c1-2-6-4-3-5-1;2-1(3)4/h5-6H,1-4H2;(H4,2,3,4). The molecule has 0 bridgehead atoms. The molecule has 1 fully saturated rings. The Hall–Kier alpha value is -0.810. The highest BCUT2D eigenvalue weighted by Crippen LogP contribution is 1.65. The van der Waals surface area contributed by atoms with E-state index < -0.39 is 6.03 Å². The number of carbonyl (C=O) groups excluding carboxylic acids is 1. The average molecular weight is 146 g/mol. The minimum Gasteiger partial charge on any atom is -0.352 e. The average Bonchev–Trinajstić information content (AvgIpc) is 1.90. The maximum Gasteiger partial charge on any atom is 0.309 e. The van der Waals surface area contributed by atoms with Gasteiger partial charge in [0, 0.05) is 26.2 Å². The number of hydrogen-bond donors (Lipinski definition) is 4. The number of nitrogens with one attached hydrogen (secondary N) is 2. The summed E-state index contributed by atoms with van der Waals surface area (Å²) in [6, 6.07) is -0.833. The molecule has 1 rings (SSSR count). The van der Waals surface area contributed by atoms with Gasteiger partial charge in [-0.3, -0.25) is 0 Å². The van der Waals surface area contributed by atoms with Gasteiger partial charge in [-0.2, -0.15) is 0 Å². The molecule has 1 aliphatic rings. The fraction of sp³-hybridized carbons (Fsp3) is 0.800. The molecular weight excluding hydrogens is 132 g/mol. The molecule has 60 valence electrons. The summed E-state index contributed by atoms with van der Waals surface area (Å²) in [6.07, 6.45) is 0. The van der Waals surface area contributed by atoms with Crippen molar-refractivity contribution in [3.8, 4) is 0 Å². The van der Waals surface area contributed by atoms with Gasteiger partial charge >= 0.3 is 6.03 Å². The van der Waals surface area contributed by atoms with Crippen LogP contribution in [-0.2, 0) is 0 Å². The van der Waals surface area contributed by atoms with Crippen molar-refractivity contribution >= 4 is 6.03 Å². The van der Waals surface area contributed by atoms with E-state index in [4.69, 9.17) is 4.79 Å².